The lowest BCUT2D eigenvalue weighted by molar-refractivity contribution is 0.519. The Labute approximate surface area is 360 Å². The van der Waals surface area contributed by atoms with Gasteiger partial charge in [-0.25, -0.2) is 0 Å². The third-order valence-electron chi connectivity index (χ3n) is 12.3. The van der Waals surface area contributed by atoms with Gasteiger partial charge in [0, 0.05) is 67.5 Å². The van der Waals surface area contributed by atoms with Crippen molar-refractivity contribution in [2.75, 3.05) is 9.80 Å². The second-order valence-electron chi connectivity index (χ2n) is 16.0. The predicted octanol–water partition coefficient (Wildman–Crippen LogP) is 16.6. The fourth-order valence-electron chi connectivity index (χ4n) is 9.60. The lowest BCUT2D eigenvalue weighted by Gasteiger charge is -2.31. The normalized spacial score (nSPS) is 13.5. The average Bonchev–Trinajstić information content (AvgIpc) is 4.05. The predicted molar refractivity (Wildman–Crippen MR) is 257 cm³/mol. The van der Waals surface area contributed by atoms with Gasteiger partial charge in [0.05, 0.1) is 5.39 Å². The number of allylic oxidation sites excluding steroid dienone is 1. The van der Waals surface area contributed by atoms with Crippen molar-refractivity contribution in [1.82, 2.24) is 0 Å². The molecule has 3 aromatic heterocycles. The summed E-state index contributed by atoms with van der Waals surface area (Å²) in [5.74, 6) is 0.914. The summed E-state index contributed by atoms with van der Waals surface area (Å²) >= 11 is 0. The molecule has 8 aromatic carbocycles. The van der Waals surface area contributed by atoms with Crippen LogP contribution in [-0.2, 0) is 0 Å². The number of nitrogens with zero attached hydrogens (tertiary/aromatic N) is 2. The minimum absolute atomic E-state index is 0.0558. The molecule has 4 nitrogen and oxygen atoms in total. The van der Waals surface area contributed by atoms with Crippen molar-refractivity contribution in [2.24, 2.45) is 0 Å². The maximum absolute atomic E-state index is 7.30. The van der Waals surface area contributed by atoms with Crippen LogP contribution in [0.25, 0.3) is 61.2 Å². The fourth-order valence-corrected chi connectivity index (χ4v) is 9.60. The number of anilines is 6. The Hall–Kier alpha value is -8.08. The van der Waals surface area contributed by atoms with E-state index in [4.69, 9.17) is 8.83 Å². The van der Waals surface area contributed by atoms with E-state index >= 15 is 0 Å². The van der Waals surface area contributed by atoms with Crippen LogP contribution in [0.1, 0.15) is 29.2 Å². The Morgan fingerprint density at radius 2 is 0.823 bits per heavy atom. The summed E-state index contributed by atoms with van der Waals surface area (Å²) in [6.07, 6.45) is 5.36. The van der Waals surface area contributed by atoms with Gasteiger partial charge in [-0.1, -0.05) is 146 Å². The molecule has 4 heteroatoms. The quantitative estimate of drug-likeness (QED) is 0.146. The zero-order valence-corrected chi connectivity index (χ0v) is 33.9. The summed E-state index contributed by atoms with van der Waals surface area (Å²) in [5.41, 5.74) is 15.9. The van der Waals surface area contributed by atoms with Crippen molar-refractivity contribution in [1.29, 1.82) is 0 Å². The van der Waals surface area contributed by atoms with Gasteiger partial charge in [0.1, 0.15) is 22.5 Å². The van der Waals surface area contributed by atoms with Gasteiger partial charge < -0.3 is 18.6 Å². The topological polar surface area (TPSA) is 32.8 Å². The van der Waals surface area contributed by atoms with Gasteiger partial charge in [-0.3, -0.25) is 0 Å². The molecule has 0 amide bonds. The van der Waals surface area contributed by atoms with Crippen LogP contribution in [0, 0.1) is 0 Å². The number of furan rings is 3. The third kappa shape index (κ3) is 5.91. The van der Waals surface area contributed by atoms with E-state index in [-0.39, 0.29) is 5.92 Å². The third-order valence-corrected chi connectivity index (χ3v) is 12.3. The largest absolute Gasteiger partial charge is 0.459 e. The van der Waals surface area contributed by atoms with E-state index in [1.165, 1.54) is 5.56 Å². The van der Waals surface area contributed by atoms with Crippen molar-refractivity contribution < 1.29 is 8.83 Å². The molecule has 294 valence electrons. The molecule has 0 radical (unpaired) electrons. The standard InChI is InChI=1S/C58H40N2O2/c1-7-20-39(21-8-1)52-53(40-22-9-2-10-23-40)58-54-51(57(52)62-58)35-34-50-49-33-19-32-48(55(49)61-56(50)54)41-36-46(59(42-24-11-3-12-25-42)43-26-13-4-14-27-43)38-47(37-41)60(44-28-15-5-16-29-44)45-30-17-6-18-31-45/h1-31,33-38,48H,32H2. The molecule has 11 aromatic rings. The van der Waals surface area contributed by atoms with Crippen molar-refractivity contribution in [3.8, 4) is 22.3 Å². The highest BCUT2D eigenvalue weighted by Gasteiger charge is 2.32. The molecule has 0 aliphatic heterocycles. The molecule has 0 N–H and O–H groups in total. The van der Waals surface area contributed by atoms with E-state index in [2.05, 4.69) is 234 Å². The number of hydrogen-bond donors (Lipinski definition) is 0. The highest BCUT2D eigenvalue weighted by atomic mass is 16.4. The summed E-state index contributed by atoms with van der Waals surface area (Å²) in [7, 11) is 0. The molecular formula is C58H40N2O2. The summed E-state index contributed by atoms with van der Waals surface area (Å²) in [4.78, 5) is 4.71. The van der Waals surface area contributed by atoms with Crippen LogP contribution < -0.4 is 9.80 Å². The first kappa shape index (κ1) is 35.8. The van der Waals surface area contributed by atoms with Gasteiger partial charge in [0.15, 0.2) is 0 Å². The second-order valence-corrected chi connectivity index (χ2v) is 16.0. The highest BCUT2D eigenvalue weighted by molar-refractivity contribution is 6.28. The maximum Gasteiger partial charge on any atom is 0.147 e. The molecule has 3 heterocycles. The average molecular weight is 797 g/mol. The minimum atomic E-state index is -0.0558. The van der Waals surface area contributed by atoms with Crippen LogP contribution in [0.2, 0.25) is 0 Å². The smallest absolute Gasteiger partial charge is 0.147 e. The van der Waals surface area contributed by atoms with Crippen LogP contribution in [0.15, 0.2) is 227 Å². The van der Waals surface area contributed by atoms with E-state index < -0.39 is 0 Å². The van der Waals surface area contributed by atoms with Gasteiger partial charge >= 0.3 is 0 Å². The van der Waals surface area contributed by atoms with Crippen LogP contribution in [-0.4, -0.2) is 0 Å². The van der Waals surface area contributed by atoms with Gasteiger partial charge in [-0.2, -0.15) is 0 Å². The molecule has 1 aliphatic rings. The fraction of sp³-hybridized carbons (Fsp3) is 0.0345. The molecule has 2 bridgehead atoms. The molecule has 0 saturated carbocycles. The Balaban J connectivity index is 1.09. The monoisotopic (exact) mass is 796 g/mol. The number of para-hydroxylation sites is 4. The summed E-state index contributed by atoms with van der Waals surface area (Å²) in [6, 6.07) is 75.3. The second kappa shape index (κ2) is 14.9. The Morgan fingerprint density at radius 3 is 1.31 bits per heavy atom. The Bertz CT molecular complexity index is 3180. The van der Waals surface area contributed by atoms with Gasteiger partial charge in [-0.15, -0.1) is 0 Å². The zero-order chi connectivity index (χ0) is 41.0. The van der Waals surface area contributed by atoms with Crippen LogP contribution >= 0.6 is 0 Å². The highest BCUT2D eigenvalue weighted by Crippen LogP contribution is 2.53. The van der Waals surface area contributed by atoms with Crippen LogP contribution in [0.3, 0.4) is 0 Å². The number of benzene rings is 9. The van der Waals surface area contributed by atoms with Crippen molar-refractivity contribution in [3.63, 3.8) is 0 Å². The summed E-state index contributed by atoms with van der Waals surface area (Å²) < 4.78 is 14.2. The van der Waals surface area contributed by atoms with E-state index in [9.17, 15) is 0 Å². The minimum Gasteiger partial charge on any atom is -0.459 e. The SMILES string of the molecule is C1=Cc2c(oc3c2ccc2c4oc(c(-c5ccccc5)c4-c4ccccc4)c23)C(c2cc(N(c3ccccc3)c3ccccc3)cc(N(c3ccccc3)c3ccccc3)c2)C1. The molecule has 12 rings (SSSR count). The Kier molecular flexibility index (Phi) is 8.60. The number of hydrogen-bond acceptors (Lipinski definition) is 4. The lowest BCUT2D eigenvalue weighted by atomic mass is 9.85. The van der Waals surface area contributed by atoms with Gasteiger partial charge in [-0.05, 0) is 102 Å². The van der Waals surface area contributed by atoms with Crippen molar-refractivity contribution >= 4 is 73.1 Å². The molecule has 1 unspecified atom stereocenters. The van der Waals surface area contributed by atoms with E-state index in [1.807, 2.05) is 0 Å². The molecule has 0 saturated heterocycles. The van der Waals surface area contributed by atoms with Gasteiger partial charge in [0.2, 0.25) is 0 Å². The van der Waals surface area contributed by atoms with Crippen molar-refractivity contribution in [3.05, 3.63) is 235 Å². The van der Waals surface area contributed by atoms with Crippen molar-refractivity contribution in [2.45, 2.75) is 12.3 Å². The van der Waals surface area contributed by atoms with E-state index in [0.29, 0.717) is 0 Å². The maximum atomic E-state index is 7.30. The molecule has 62 heavy (non-hydrogen) atoms. The zero-order valence-electron chi connectivity index (χ0n) is 33.9. The molecule has 0 spiro atoms. The van der Waals surface area contributed by atoms with E-state index in [0.717, 1.165) is 107 Å². The van der Waals surface area contributed by atoms with E-state index in [1.54, 1.807) is 0 Å². The molecule has 1 aliphatic carbocycles. The molecule has 1 atom stereocenters. The number of rotatable bonds is 9. The van der Waals surface area contributed by atoms with Crippen LogP contribution in [0.5, 0.6) is 0 Å². The summed E-state index contributed by atoms with van der Waals surface area (Å²) in [5, 5.41) is 3.20. The first-order valence-corrected chi connectivity index (χ1v) is 21.3. The first-order chi connectivity index (χ1) is 30.8. The summed E-state index contributed by atoms with van der Waals surface area (Å²) in [6.45, 7) is 0. The molecule has 0 fully saturated rings. The lowest BCUT2D eigenvalue weighted by Crippen LogP contribution is -2.15. The molecular weight excluding hydrogens is 757 g/mol. The van der Waals surface area contributed by atoms with Gasteiger partial charge in [0.25, 0.3) is 0 Å². The first-order valence-electron chi connectivity index (χ1n) is 21.3. The Morgan fingerprint density at radius 1 is 0.387 bits per heavy atom. The number of fused-ring (bicyclic) bond motifs is 9. The van der Waals surface area contributed by atoms with Crippen LogP contribution in [0.4, 0.5) is 34.1 Å².